The minimum Gasteiger partial charge on any atom is -0.494 e. The first-order valence-corrected chi connectivity index (χ1v) is 12.5. The van der Waals surface area contributed by atoms with Crippen LogP contribution >= 0.6 is 0 Å². The van der Waals surface area contributed by atoms with Crippen molar-refractivity contribution in [2.45, 2.75) is 52.4 Å². The molecule has 1 aromatic heterocycles. The van der Waals surface area contributed by atoms with E-state index in [2.05, 4.69) is 41.2 Å². The molecule has 0 bridgehead atoms. The zero-order chi connectivity index (χ0) is 23.8. The molecular weight excluding hydrogens is 422 g/mol. The largest absolute Gasteiger partial charge is 0.494 e. The fraction of sp³-hybridized carbons (Fsp3) is 0.379. The number of nitrogens with one attached hydrogen (secondary N) is 1. The highest BCUT2D eigenvalue weighted by Gasteiger charge is 2.13. The summed E-state index contributed by atoms with van der Waals surface area (Å²) in [5, 5.41) is 3.00. The maximum atomic E-state index is 13.0. The first kappa shape index (κ1) is 23.8. The van der Waals surface area contributed by atoms with Crippen molar-refractivity contribution in [2.75, 3.05) is 29.9 Å². The Balaban J connectivity index is 1.43. The monoisotopic (exact) mass is 457 g/mol. The first-order valence-electron chi connectivity index (χ1n) is 12.5. The number of unbranched alkanes of at least 4 members (excludes halogenated alkanes) is 1. The summed E-state index contributed by atoms with van der Waals surface area (Å²) in [7, 11) is 0. The zero-order valence-electron chi connectivity index (χ0n) is 20.3. The van der Waals surface area contributed by atoms with Crippen LogP contribution in [0.25, 0.3) is 11.1 Å². The molecular formula is C29H35N3O2. The lowest BCUT2D eigenvalue weighted by Crippen LogP contribution is -2.24. The number of aryl methyl sites for hydroxylation is 1. The number of pyridine rings is 1. The number of carbonyl (C=O) groups excluding carboxylic acids is 1. The van der Waals surface area contributed by atoms with Gasteiger partial charge in [0.05, 0.1) is 18.5 Å². The van der Waals surface area contributed by atoms with Gasteiger partial charge in [0.1, 0.15) is 11.6 Å². The van der Waals surface area contributed by atoms with Crippen molar-refractivity contribution < 1.29 is 9.53 Å². The van der Waals surface area contributed by atoms with Gasteiger partial charge in [-0.1, -0.05) is 44.4 Å². The Morgan fingerprint density at radius 2 is 1.76 bits per heavy atom. The second kappa shape index (κ2) is 11.7. The zero-order valence-corrected chi connectivity index (χ0v) is 20.3. The number of hydrogen-bond donors (Lipinski definition) is 1. The van der Waals surface area contributed by atoms with Crippen molar-refractivity contribution in [1.29, 1.82) is 0 Å². The van der Waals surface area contributed by atoms with Crippen LogP contribution in [0.5, 0.6) is 5.75 Å². The SMILES string of the molecule is CCCCOc1ccc(-c2cc(C(=O)Nc3ccc(N4CCCCCC4)nc3)ccc2C)cc1. The molecule has 1 aliphatic heterocycles. The second-order valence-corrected chi connectivity index (χ2v) is 9.02. The molecule has 1 fully saturated rings. The van der Waals surface area contributed by atoms with Gasteiger partial charge >= 0.3 is 0 Å². The van der Waals surface area contributed by atoms with Gasteiger partial charge in [-0.3, -0.25) is 4.79 Å². The van der Waals surface area contributed by atoms with Gasteiger partial charge in [-0.2, -0.15) is 0 Å². The predicted molar refractivity (Wildman–Crippen MR) is 140 cm³/mol. The standard InChI is InChI=1S/C29H35N3O2/c1-3-4-19-34-26-14-11-23(12-15-26)27-20-24(10-9-22(27)2)29(33)31-25-13-16-28(30-21-25)32-17-7-5-6-8-18-32/h9-16,20-21H,3-8,17-19H2,1-2H3,(H,31,33). The number of hydrogen-bond acceptors (Lipinski definition) is 4. The first-order chi connectivity index (χ1) is 16.6. The molecule has 0 radical (unpaired) electrons. The minimum absolute atomic E-state index is 0.134. The van der Waals surface area contributed by atoms with Gasteiger partial charge in [0.25, 0.3) is 5.91 Å². The summed E-state index contributed by atoms with van der Waals surface area (Å²) < 4.78 is 5.78. The van der Waals surface area contributed by atoms with E-state index in [4.69, 9.17) is 4.74 Å². The second-order valence-electron chi connectivity index (χ2n) is 9.02. The van der Waals surface area contributed by atoms with Gasteiger partial charge in [0.15, 0.2) is 0 Å². The highest BCUT2D eigenvalue weighted by molar-refractivity contribution is 6.05. The van der Waals surface area contributed by atoms with Crippen LogP contribution in [0.4, 0.5) is 11.5 Å². The molecule has 3 aromatic rings. The van der Waals surface area contributed by atoms with Crippen molar-refractivity contribution in [1.82, 2.24) is 4.98 Å². The third-order valence-corrected chi connectivity index (χ3v) is 6.37. The summed E-state index contributed by atoms with van der Waals surface area (Å²) in [5.74, 6) is 1.73. The number of amides is 1. The molecule has 0 spiro atoms. The lowest BCUT2D eigenvalue weighted by Gasteiger charge is -2.21. The Morgan fingerprint density at radius 1 is 1.00 bits per heavy atom. The molecule has 4 rings (SSSR count). The van der Waals surface area contributed by atoms with Crippen molar-refractivity contribution >= 4 is 17.4 Å². The third-order valence-electron chi connectivity index (χ3n) is 6.37. The van der Waals surface area contributed by atoms with Gasteiger partial charge < -0.3 is 15.0 Å². The van der Waals surface area contributed by atoms with Crippen LogP contribution in [0.15, 0.2) is 60.8 Å². The van der Waals surface area contributed by atoms with E-state index in [1.165, 1.54) is 25.7 Å². The lowest BCUT2D eigenvalue weighted by molar-refractivity contribution is 0.102. The molecule has 1 aliphatic rings. The Labute approximate surface area is 203 Å². The minimum atomic E-state index is -0.134. The average Bonchev–Trinajstić information content (AvgIpc) is 3.15. The van der Waals surface area contributed by atoms with Gasteiger partial charge in [-0.15, -0.1) is 0 Å². The van der Waals surface area contributed by atoms with Gasteiger partial charge in [0, 0.05) is 18.7 Å². The summed E-state index contributed by atoms with van der Waals surface area (Å²) in [6.45, 7) is 7.06. The topological polar surface area (TPSA) is 54.5 Å². The number of benzene rings is 2. The van der Waals surface area contributed by atoms with Crippen LogP contribution in [-0.4, -0.2) is 30.6 Å². The molecule has 0 aliphatic carbocycles. The number of carbonyl (C=O) groups is 1. The van der Waals surface area contributed by atoms with Crippen LogP contribution in [-0.2, 0) is 0 Å². The smallest absolute Gasteiger partial charge is 0.255 e. The van der Waals surface area contributed by atoms with E-state index < -0.39 is 0 Å². The van der Waals surface area contributed by atoms with E-state index in [1.54, 1.807) is 6.20 Å². The van der Waals surface area contributed by atoms with Crippen LogP contribution in [0.1, 0.15) is 61.4 Å². The van der Waals surface area contributed by atoms with E-state index in [-0.39, 0.29) is 5.91 Å². The van der Waals surface area contributed by atoms with Crippen LogP contribution < -0.4 is 15.0 Å². The molecule has 178 valence electrons. The van der Waals surface area contributed by atoms with Crippen molar-refractivity contribution in [3.05, 3.63) is 71.9 Å². The maximum absolute atomic E-state index is 13.0. The van der Waals surface area contributed by atoms with Gasteiger partial charge in [-0.05, 0) is 79.3 Å². The van der Waals surface area contributed by atoms with E-state index in [0.29, 0.717) is 11.3 Å². The number of anilines is 2. The molecule has 2 aromatic carbocycles. The average molecular weight is 458 g/mol. The molecule has 5 nitrogen and oxygen atoms in total. The van der Waals surface area contributed by atoms with Crippen LogP contribution in [0, 0.1) is 6.92 Å². The third kappa shape index (κ3) is 6.16. The van der Waals surface area contributed by atoms with E-state index in [1.807, 2.05) is 42.5 Å². The fourth-order valence-corrected chi connectivity index (χ4v) is 4.29. The fourth-order valence-electron chi connectivity index (χ4n) is 4.29. The highest BCUT2D eigenvalue weighted by atomic mass is 16.5. The van der Waals surface area contributed by atoms with Gasteiger partial charge in [-0.25, -0.2) is 4.98 Å². The Morgan fingerprint density at radius 3 is 2.44 bits per heavy atom. The summed E-state index contributed by atoms with van der Waals surface area (Å²) in [5.41, 5.74) is 4.57. The highest BCUT2D eigenvalue weighted by Crippen LogP contribution is 2.27. The Bertz CT molecular complexity index is 1070. The maximum Gasteiger partial charge on any atom is 0.255 e. The normalized spacial score (nSPS) is 13.9. The predicted octanol–water partition coefficient (Wildman–Crippen LogP) is 6.87. The molecule has 1 saturated heterocycles. The van der Waals surface area contributed by atoms with E-state index >= 15 is 0 Å². The summed E-state index contributed by atoms with van der Waals surface area (Å²) in [6.07, 6.45) is 8.93. The van der Waals surface area contributed by atoms with E-state index in [9.17, 15) is 4.79 Å². The quantitative estimate of drug-likeness (QED) is 0.375. The Hall–Kier alpha value is -3.34. The number of rotatable bonds is 8. The van der Waals surface area contributed by atoms with Crippen molar-refractivity contribution in [2.24, 2.45) is 0 Å². The molecule has 0 unspecified atom stereocenters. The van der Waals surface area contributed by atoms with Crippen LogP contribution in [0.2, 0.25) is 0 Å². The summed E-state index contributed by atoms with van der Waals surface area (Å²) in [6, 6.07) is 17.9. The summed E-state index contributed by atoms with van der Waals surface area (Å²) in [4.78, 5) is 19.9. The van der Waals surface area contributed by atoms with Crippen molar-refractivity contribution in [3.8, 4) is 16.9 Å². The molecule has 2 heterocycles. The Kier molecular flexibility index (Phi) is 8.18. The molecule has 1 amide bonds. The van der Waals surface area contributed by atoms with Gasteiger partial charge in [0.2, 0.25) is 0 Å². The molecule has 1 N–H and O–H groups in total. The summed E-state index contributed by atoms with van der Waals surface area (Å²) >= 11 is 0. The molecule has 5 heteroatoms. The number of aromatic nitrogens is 1. The molecule has 0 atom stereocenters. The molecule has 34 heavy (non-hydrogen) atoms. The van der Waals surface area contributed by atoms with E-state index in [0.717, 1.165) is 60.8 Å². The molecule has 0 saturated carbocycles. The lowest BCUT2D eigenvalue weighted by atomic mass is 9.97. The number of ether oxygens (including phenoxy) is 1. The van der Waals surface area contributed by atoms with Crippen LogP contribution in [0.3, 0.4) is 0 Å². The van der Waals surface area contributed by atoms with Crippen molar-refractivity contribution in [3.63, 3.8) is 0 Å². The number of nitrogens with zero attached hydrogens (tertiary/aromatic N) is 2.